The Balaban J connectivity index is 1.97. The van der Waals surface area contributed by atoms with Gasteiger partial charge in [0.15, 0.2) is 0 Å². The maximum absolute atomic E-state index is 5.59. The first-order valence-electron chi connectivity index (χ1n) is 5.33. The van der Waals surface area contributed by atoms with Crippen LogP contribution in [0.15, 0.2) is 18.3 Å². The summed E-state index contributed by atoms with van der Waals surface area (Å²) in [6, 6.07) is 0.551. The average Bonchev–Trinajstić information content (AvgIpc) is 2.26. The Labute approximate surface area is 88.6 Å². The van der Waals surface area contributed by atoms with Crippen molar-refractivity contribution < 1.29 is 0 Å². The summed E-state index contributed by atoms with van der Waals surface area (Å²) < 4.78 is 0. The first kappa shape index (κ1) is 8.85. The fourth-order valence-corrected chi connectivity index (χ4v) is 2.45. The number of aromatic nitrogens is 2. The van der Waals surface area contributed by atoms with Gasteiger partial charge < -0.3 is 11.1 Å². The van der Waals surface area contributed by atoms with E-state index in [1.165, 1.54) is 5.56 Å². The number of nitrogen functional groups attached to an aromatic ring is 1. The van der Waals surface area contributed by atoms with Gasteiger partial charge in [0.2, 0.25) is 5.95 Å². The number of nitrogens with one attached hydrogen (secondary N) is 1. The maximum Gasteiger partial charge on any atom is 0.220 e. The summed E-state index contributed by atoms with van der Waals surface area (Å²) in [5.41, 5.74) is 7.96. The van der Waals surface area contributed by atoms with Crippen molar-refractivity contribution in [3.63, 3.8) is 0 Å². The van der Waals surface area contributed by atoms with E-state index in [1.807, 2.05) is 6.20 Å². The molecule has 1 aliphatic carbocycles. The molecule has 4 heteroatoms. The Bertz CT molecular complexity index is 413. The van der Waals surface area contributed by atoms with Gasteiger partial charge in [-0.05, 0) is 24.3 Å². The van der Waals surface area contributed by atoms with Gasteiger partial charge in [0, 0.05) is 24.5 Å². The molecule has 0 amide bonds. The van der Waals surface area contributed by atoms with Crippen molar-refractivity contribution in [3.05, 3.63) is 29.6 Å². The molecule has 0 fully saturated rings. The lowest BCUT2D eigenvalue weighted by Crippen LogP contribution is -2.44. The standard InChI is InChI=1S/C11H14N4/c12-11-14-6-8-5-9-7(2-1-3-13-9)4-10(8)15-11/h1-2,6-7,9,13H,3-5H2,(H2,12,14,15)/t7-,9-/m0/s1. The summed E-state index contributed by atoms with van der Waals surface area (Å²) in [6.07, 6.45) is 8.35. The van der Waals surface area contributed by atoms with Crippen LogP contribution in [0.1, 0.15) is 11.3 Å². The quantitative estimate of drug-likeness (QED) is 0.594. The molecule has 15 heavy (non-hydrogen) atoms. The van der Waals surface area contributed by atoms with Crippen LogP contribution in [0.5, 0.6) is 0 Å². The molecule has 2 heterocycles. The number of fused-ring (bicyclic) bond motifs is 2. The van der Waals surface area contributed by atoms with E-state index in [0.717, 1.165) is 25.1 Å². The van der Waals surface area contributed by atoms with E-state index in [2.05, 4.69) is 27.4 Å². The highest BCUT2D eigenvalue weighted by molar-refractivity contribution is 5.30. The largest absolute Gasteiger partial charge is 0.368 e. The Morgan fingerprint density at radius 3 is 3.27 bits per heavy atom. The van der Waals surface area contributed by atoms with E-state index < -0.39 is 0 Å². The third kappa shape index (κ3) is 1.51. The van der Waals surface area contributed by atoms with Crippen molar-refractivity contribution in [1.82, 2.24) is 15.3 Å². The lowest BCUT2D eigenvalue weighted by Gasteiger charge is -2.33. The normalized spacial score (nSPS) is 28.3. The van der Waals surface area contributed by atoms with Crippen molar-refractivity contribution in [3.8, 4) is 0 Å². The zero-order valence-electron chi connectivity index (χ0n) is 8.48. The molecule has 0 saturated carbocycles. The molecule has 0 saturated heterocycles. The third-order valence-corrected chi connectivity index (χ3v) is 3.24. The number of anilines is 1. The minimum Gasteiger partial charge on any atom is -0.368 e. The van der Waals surface area contributed by atoms with Crippen LogP contribution in [0.25, 0.3) is 0 Å². The minimum atomic E-state index is 0.389. The van der Waals surface area contributed by atoms with E-state index in [9.17, 15) is 0 Å². The second-order valence-electron chi connectivity index (χ2n) is 4.22. The van der Waals surface area contributed by atoms with Crippen LogP contribution >= 0.6 is 0 Å². The second-order valence-corrected chi connectivity index (χ2v) is 4.22. The van der Waals surface area contributed by atoms with Crippen molar-refractivity contribution in [2.24, 2.45) is 5.92 Å². The smallest absolute Gasteiger partial charge is 0.220 e. The van der Waals surface area contributed by atoms with Gasteiger partial charge in [0.1, 0.15) is 0 Å². The van der Waals surface area contributed by atoms with Crippen LogP contribution < -0.4 is 11.1 Å². The monoisotopic (exact) mass is 202 g/mol. The zero-order chi connectivity index (χ0) is 10.3. The number of rotatable bonds is 0. The molecular formula is C11H14N4. The zero-order valence-corrected chi connectivity index (χ0v) is 8.48. The molecule has 1 aliphatic heterocycles. The maximum atomic E-state index is 5.59. The average molecular weight is 202 g/mol. The predicted molar refractivity (Wildman–Crippen MR) is 58.3 cm³/mol. The van der Waals surface area contributed by atoms with E-state index in [0.29, 0.717) is 17.9 Å². The Morgan fingerprint density at radius 2 is 2.33 bits per heavy atom. The predicted octanol–water partition coefficient (Wildman–Crippen LogP) is 0.302. The van der Waals surface area contributed by atoms with E-state index in [4.69, 9.17) is 5.73 Å². The second kappa shape index (κ2) is 3.31. The molecule has 0 unspecified atom stereocenters. The van der Waals surface area contributed by atoms with Crippen molar-refractivity contribution >= 4 is 5.95 Å². The van der Waals surface area contributed by atoms with Crippen molar-refractivity contribution in [2.75, 3.05) is 12.3 Å². The van der Waals surface area contributed by atoms with Gasteiger partial charge in [-0.1, -0.05) is 12.2 Å². The summed E-state index contributed by atoms with van der Waals surface area (Å²) >= 11 is 0. The third-order valence-electron chi connectivity index (χ3n) is 3.24. The SMILES string of the molecule is Nc1ncc2c(n1)C[C@@H]1C=CCN[C@H]1C2. The number of nitrogens with zero attached hydrogens (tertiary/aromatic N) is 2. The molecule has 4 nitrogen and oxygen atoms in total. The first-order valence-corrected chi connectivity index (χ1v) is 5.33. The highest BCUT2D eigenvalue weighted by Crippen LogP contribution is 2.26. The molecule has 0 aromatic carbocycles. The van der Waals surface area contributed by atoms with Crippen LogP contribution in [0.3, 0.4) is 0 Å². The van der Waals surface area contributed by atoms with Gasteiger partial charge in [-0.25, -0.2) is 9.97 Å². The Morgan fingerprint density at radius 1 is 1.40 bits per heavy atom. The molecular weight excluding hydrogens is 188 g/mol. The van der Waals surface area contributed by atoms with Gasteiger partial charge in [-0.3, -0.25) is 0 Å². The van der Waals surface area contributed by atoms with E-state index in [1.54, 1.807) is 0 Å². The van der Waals surface area contributed by atoms with Gasteiger partial charge in [0.05, 0.1) is 0 Å². The van der Waals surface area contributed by atoms with Gasteiger partial charge in [-0.15, -0.1) is 0 Å². The molecule has 3 rings (SSSR count). The van der Waals surface area contributed by atoms with Crippen LogP contribution in [0.4, 0.5) is 5.95 Å². The van der Waals surface area contributed by atoms with E-state index >= 15 is 0 Å². The topological polar surface area (TPSA) is 63.8 Å². The minimum absolute atomic E-state index is 0.389. The van der Waals surface area contributed by atoms with Crippen LogP contribution in [-0.2, 0) is 12.8 Å². The van der Waals surface area contributed by atoms with Crippen LogP contribution in [0.2, 0.25) is 0 Å². The molecule has 0 radical (unpaired) electrons. The van der Waals surface area contributed by atoms with Gasteiger partial charge in [-0.2, -0.15) is 0 Å². The Kier molecular flexibility index (Phi) is 1.95. The molecule has 3 N–H and O–H groups in total. The number of hydrogen-bond acceptors (Lipinski definition) is 4. The lowest BCUT2D eigenvalue weighted by molar-refractivity contribution is 0.377. The van der Waals surface area contributed by atoms with E-state index in [-0.39, 0.29) is 0 Å². The molecule has 78 valence electrons. The lowest BCUT2D eigenvalue weighted by atomic mass is 9.81. The van der Waals surface area contributed by atoms with Gasteiger partial charge >= 0.3 is 0 Å². The van der Waals surface area contributed by atoms with Crippen molar-refractivity contribution in [2.45, 2.75) is 18.9 Å². The van der Waals surface area contributed by atoms with Crippen molar-refractivity contribution in [1.29, 1.82) is 0 Å². The number of hydrogen-bond donors (Lipinski definition) is 2. The summed E-state index contributed by atoms with van der Waals surface area (Å²) in [5, 5.41) is 3.50. The molecule has 2 atom stereocenters. The molecule has 1 aromatic heterocycles. The molecule has 0 spiro atoms. The summed E-state index contributed by atoms with van der Waals surface area (Å²) in [5.74, 6) is 0.959. The summed E-state index contributed by atoms with van der Waals surface area (Å²) in [7, 11) is 0. The van der Waals surface area contributed by atoms with Crippen LogP contribution in [-0.4, -0.2) is 22.6 Å². The van der Waals surface area contributed by atoms with Crippen LogP contribution in [0, 0.1) is 5.92 Å². The molecule has 2 aliphatic rings. The fourth-order valence-electron chi connectivity index (χ4n) is 2.45. The van der Waals surface area contributed by atoms with Gasteiger partial charge in [0.25, 0.3) is 0 Å². The number of nitrogens with two attached hydrogens (primary N) is 1. The first-order chi connectivity index (χ1) is 7.33. The Hall–Kier alpha value is -1.42. The molecule has 1 aromatic rings. The molecule has 0 bridgehead atoms. The summed E-state index contributed by atoms with van der Waals surface area (Å²) in [6.45, 7) is 0.979. The highest BCUT2D eigenvalue weighted by Gasteiger charge is 2.28. The summed E-state index contributed by atoms with van der Waals surface area (Å²) in [4.78, 5) is 8.36. The fraction of sp³-hybridized carbons (Fsp3) is 0.455. The highest BCUT2D eigenvalue weighted by atomic mass is 15.0.